The molecule has 0 aliphatic carbocycles. The molecule has 55 heavy (non-hydrogen) atoms. The maximum absolute atomic E-state index is 12.6. The van der Waals surface area contributed by atoms with Crippen molar-refractivity contribution >= 4 is 13.8 Å². The van der Waals surface area contributed by atoms with Gasteiger partial charge in [-0.2, -0.15) is 0 Å². The summed E-state index contributed by atoms with van der Waals surface area (Å²) < 4.78 is 35.0. The standard InChI is InChI=1S/C46H88NO7P/c1-6-8-10-12-14-16-18-19-20-21-22-23-24-25-26-27-28-30-32-34-36-38-41-51-43-45(44-53-55(49,50)52-42-40-47(3,4)5)54-46(48)39-37-35-33-31-29-17-15-13-11-9-7-2/h13,15,18-19,21-22,45H,6-12,14,16-17,20,23-44H2,1-5H3/p+1/b15-13-,19-18-,22-21-. The lowest BCUT2D eigenvalue weighted by Crippen LogP contribution is -2.37. The van der Waals surface area contributed by atoms with Crippen LogP contribution >= 0.6 is 7.82 Å². The summed E-state index contributed by atoms with van der Waals surface area (Å²) in [4.78, 5) is 22.8. The van der Waals surface area contributed by atoms with Crippen LogP contribution in [0.25, 0.3) is 0 Å². The van der Waals surface area contributed by atoms with Gasteiger partial charge in [-0.25, -0.2) is 4.57 Å². The van der Waals surface area contributed by atoms with Crippen molar-refractivity contribution in [1.82, 2.24) is 0 Å². The molecule has 2 atom stereocenters. The first-order chi connectivity index (χ1) is 26.6. The van der Waals surface area contributed by atoms with Gasteiger partial charge in [0.05, 0.1) is 34.4 Å². The zero-order chi connectivity index (χ0) is 40.6. The van der Waals surface area contributed by atoms with Gasteiger partial charge in [-0.1, -0.05) is 159 Å². The van der Waals surface area contributed by atoms with E-state index in [1.807, 2.05) is 21.1 Å². The third kappa shape index (κ3) is 43.7. The third-order valence-electron chi connectivity index (χ3n) is 9.67. The summed E-state index contributed by atoms with van der Waals surface area (Å²) in [6.07, 6.45) is 46.1. The van der Waals surface area contributed by atoms with Crippen molar-refractivity contribution in [2.45, 2.75) is 200 Å². The van der Waals surface area contributed by atoms with Crippen LogP contribution in [-0.2, 0) is 27.9 Å². The van der Waals surface area contributed by atoms with E-state index in [0.717, 1.165) is 51.4 Å². The first-order valence-electron chi connectivity index (χ1n) is 22.7. The highest BCUT2D eigenvalue weighted by atomic mass is 31.2. The number of nitrogens with zero attached hydrogens (tertiary/aromatic N) is 1. The lowest BCUT2D eigenvalue weighted by Gasteiger charge is -2.24. The van der Waals surface area contributed by atoms with Crippen molar-refractivity contribution in [2.24, 2.45) is 0 Å². The summed E-state index contributed by atoms with van der Waals surface area (Å²) in [5.74, 6) is -0.325. The molecule has 2 unspecified atom stereocenters. The van der Waals surface area contributed by atoms with Crippen LogP contribution in [0.2, 0.25) is 0 Å². The zero-order valence-corrected chi connectivity index (χ0v) is 37.6. The molecule has 0 aromatic heterocycles. The minimum Gasteiger partial charge on any atom is -0.457 e. The number of quaternary nitrogens is 1. The van der Waals surface area contributed by atoms with Crippen molar-refractivity contribution < 1.29 is 37.3 Å². The van der Waals surface area contributed by atoms with E-state index in [1.165, 1.54) is 122 Å². The number of carbonyl (C=O) groups excluding carboxylic acids is 1. The number of carbonyl (C=O) groups is 1. The number of likely N-dealkylation sites (N-methyl/N-ethyl adjacent to an activating group) is 1. The van der Waals surface area contributed by atoms with E-state index in [0.29, 0.717) is 24.1 Å². The van der Waals surface area contributed by atoms with Gasteiger partial charge in [-0.15, -0.1) is 0 Å². The molecule has 8 nitrogen and oxygen atoms in total. The van der Waals surface area contributed by atoms with Gasteiger partial charge in [0, 0.05) is 13.0 Å². The monoisotopic (exact) mass is 799 g/mol. The van der Waals surface area contributed by atoms with E-state index in [2.05, 4.69) is 50.3 Å². The number of hydrogen-bond donors (Lipinski definition) is 1. The lowest BCUT2D eigenvalue weighted by atomic mass is 10.1. The van der Waals surface area contributed by atoms with Crippen LogP contribution in [0.4, 0.5) is 0 Å². The summed E-state index contributed by atoms with van der Waals surface area (Å²) >= 11 is 0. The van der Waals surface area contributed by atoms with Gasteiger partial charge in [0.1, 0.15) is 19.3 Å². The largest absolute Gasteiger partial charge is 0.472 e. The van der Waals surface area contributed by atoms with Gasteiger partial charge in [0.2, 0.25) is 0 Å². The summed E-state index contributed by atoms with van der Waals surface area (Å²) in [7, 11) is 1.66. The maximum atomic E-state index is 12.6. The van der Waals surface area contributed by atoms with Crippen LogP contribution in [0, 0.1) is 0 Å². The number of ether oxygens (including phenoxy) is 2. The molecular formula is C46H89NO7P+. The van der Waals surface area contributed by atoms with E-state index < -0.39 is 13.9 Å². The van der Waals surface area contributed by atoms with E-state index >= 15 is 0 Å². The Labute approximate surface area is 340 Å². The average Bonchev–Trinajstić information content (AvgIpc) is 3.13. The number of allylic oxidation sites excluding steroid dienone is 6. The molecule has 0 aliphatic heterocycles. The van der Waals surface area contributed by atoms with Gasteiger partial charge < -0.3 is 18.9 Å². The molecule has 0 aromatic rings. The molecule has 9 heteroatoms. The lowest BCUT2D eigenvalue weighted by molar-refractivity contribution is -0.870. The molecule has 0 amide bonds. The molecule has 0 fully saturated rings. The van der Waals surface area contributed by atoms with Crippen LogP contribution in [0.3, 0.4) is 0 Å². The molecule has 0 saturated heterocycles. The Morgan fingerprint density at radius 2 is 1.02 bits per heavy atom. The highest BCUT2D eigenvalue weighted by Gasteiger charge is 2.26. The Kier molecular flexibility index (Phi) is 38.6. The van der Waals surface area contributed by atoms with Crippen LogP contribution in [-0.4, -0.2) is 75.6 Å². The molecule has 1 N–H and O–H groups in total. The van der Waals surface area contributed by atoms with Gasteiger partial charge in [0.25, 0.3) is 0 Å². The summed E-state index contributed by atoms with van der Waals surface area (Å²) in [5, 5.41) is 0. The van der Waals surface area contributed by atoms with Gasteiger partial charge >= 0.3 is 13.8 Å². The summed E-state index contributed by atoms with van der Waals surface area (Å²) in [6.45, 7) is 5.56. The first-order valence-corrected chi connectivity index (χ1v) is 24.2. The molecule has 0 aromatic carbocycles. The molecule has 0 spiro atoms. The molecule has 0 aliphatic rings. The maximum Gasteiger partial charge on any atom is 0.472 e. The van der Waals surface area contributed by atoms with Crippen LogP contribution in [0.15, 0.2) is 36.5 Å². The second kappa shape index (κ2) is 39.5. The average molecular weight is 799 g/mol. The smallest absolute Gasteiger partial charge is 0.457 e. The predicted octanol–water partition coefficient (Wildman–Crippen LogP) is 13.4. The Hall–Kier alpha value is -1.28. The number of hydrogen-bond acceptors (Lipinski definition) is 6. The molecule has 0 bridgehead atoms. The molecular weight excluding hydrogens is 709 g/mol. The molecule has 0 heterocycles. The minimum atomic E-state index is -4.27. The van der Waals surface area contributed by atoms with Crippen molar-refractivity contribution in [2.75, 3.05) is 54.1 Å². The molecule has 0 radical (unpaired) electrons. The predicted molar refractivity (Wildman–Crippen MR) is 233 cm³/mol. The topological polar surface area (TPSA) is 91.3 Å². The van der Waals surface area contributed by atoms with Crippen LogP contribution in [0.1, 0.15) is 194 Å². The zero-order valence-electron chi connectivity index (χ0n) is 36.7. The number of rotatable bonds is 42. The van der Waals surface area contributed by atoms with E-state index in [-0.39, 0.29) is 25.8 Å². The van der Waals surface area contributed by atoms with E-state index in [4.69, 9.17) is 18.5 Å². The number of unbranched alkanes of at least 4 members (excludes halogenated alkanes) is 22. The molecule has 0 saturated carbocycles. The second-order valence-corrected chi connectivity index (χ2v) is 17.9. The van der Waals surface area contributed by atoms with E-state index in [9.17, 15) is 14.3 Å². The second-order valence-electron chi connectivity index (χ2n) is 16.4. The van der Waals surface area contributed by atoms with E-state index in [1.54, 1.807) is 0 Å². The Balaban J connectivity index is 4.13. The molecule has 324 valence electrons. The fourth-order valence-electron chi connectivity index (χ4n) is 6.09. The molecule has 0 rings (SSSR count). The van der Waals surface area contributed by atoms with Crippen molar-refractivity contribution in [3.63, 3.8) is 0 Å². The normalized spacial score (nSPS) is 14.1. The van der Waals surface area contributed by atoms with Crippen LogP contribution < -0.4 is 0 Å². The quantitative estimate of drug-likeness (QED) is 0.0216. The fraction of sp³-hybridized carbons (Fsp3) is 0.848. The Bertz CT molecular complexity index is 978. The first kappa shape index (κ1) is 53.7. The highest BCUT2D eigenvalue weighted by molar-refractivity contribution is 7.47. The van der Waals surface area contributed by atoms with Crippen molar-refractivity contribution in [3.8, 4) is 0 Å². The number of phosphoric ester groups is 1. The number of phosphoric acid groups is 1. The fourth-order valence-corrected chi connectivity index (χ4v) is 6.83. The van der Waals surface area contributed by atoms with Crippen molar-refractivity contribution in [1.29, 1.82) is 0 Å². The summed E-state index contributed by atoms with van der Waals surface area (Å²) in [5.41, 5.74) is 0. The Morgan fingerprint density at radius 3 is 1.55 bits per heavy atom. The Morgan fingerprint density at radius 1 is 0.564 bits per heavy atom. The van der Waals surface area contributed by atoms with Crippen molar-refractivity contribution in [3.05, 3.63) is 36.5 Å². The van der Waals surface area contributed by atoms with Crippen LogP contribution in [0.5, 0.6) is 0 Å². The summed E-state index contributed by atoms with van der Waals surface area (Å²) in [6, 6.07) is 0. The van der Waals surface area contributed by atoms with Gasteiger partial charge in [-0.3, -0.25) is 13.8 Å². The number of esters is 1. The van der Waals surface area contributed by atoms with Gasteiger partial charge in [0.15, 0.2) is 0 Å². The SMILES string of the molecule is CCCC/C=C\CCCCCCCC(=O)OC(COCCCCCCCCCCCC/C=C\C/C=C\CCCCCCC)COP(=O)(O)OCC[N+](C)(C)C. The highest BCUT2D eigenvalue weighted by Crippen LogP contribution is 2.43. The van der Waals surface area contributed by atoms with Gasteiger partial charge in [-0.05, 0) is 64.2 Å². The minimum absolute atomic E-state index is 0.0863. The third-order valence-corrected chi connectivity index (χ3v) is 10.7.